The minimum atomic E-state index is -0.722. The summed E-state index contributed by atoms with van der Waals surface area (Å²) in [6.45, 7) is 1.81. The van der Waals surface area contributed by atoms with Crippen LogP contribution in [0.5, 0.6) is 0 Å². The van der Waals surface area contributed by atoms with E-state index in [1.54, 1.807) is 0 Å². The molecule has 0 bridgehead atoms. The van der Waals surface area contributed by atoms with E-state index in [2.05, 4.69) is 0 Å². The molecule has 0 nitrogen and oxygen atoms in total. The first-order valence-electron chi connectivity index (χ1n) is 2.78. The quantitative estimate of drug-likeness (QED) is 0.450. The number of hydrogen-bond acceptors (Lipinski definition) is 0. The Morgan fingerprint density at radius 2 is 2.50 bits per heavy atom. The zero-order valence-corrected chi connectivity index (χ0v) is 4.89. The summed E-state index contributed by atoms with van der Waals surface area (Å²) in [4.78, 5) is 0. The van der Waals surface area contributed by atoms with Gasteiger partial charge >= 0.3 is 0 Å². The molecule has 1 rings (SSSR count). The van der Waals surface area contributed by atoms with Crippen LogP contribution in [0.3, 0.4) is 0 Å². The lowest BCUT2D eigenvalue weighted by Crippen LogP contribution is -2.01. The Morgan fingerprint density at radius 3 is 2.88 bits per heavy atom. The van der Waals surface area contributed by atoms with Crippen molar-refractivity contribution < 1.29 is 4.39 Å². The average molecular weight is 112 g/mol. The molecule has 1 aliphatic rings. The van der Waals surface area contributed by atoms with E-state index < -0.39 is 6.17 Å². The maximum atomic E-state index is 12.5. The molecule has 0 radical (unpaired) electrons. The number of allylic oxidation sites excluding steroid dienone is 4. The number of halogens is 1. The van der Waals surface area contributed by atoms with Crippen LogP contribution in [-0.2, 0) is 0 Å². The Morgan fingerprint density at radius 1 is 1.75 bits per heavy atom. The largest absolute Gasteiger partial charge is 0.242 e. The average Bonchev–Trinajstić information content (AvgIpc) is 1.77. The van der Waals surface area contributed by atoms with Crippen LogP contribution in [0.4, 0.5) is 4.39 Å². The smallest absolute Gasteiger partial charge is 0.125 e. The molecule has 0 saturated heterocycles. The molecule has 0 saturated carbocycles. The topological polar surface area (TPSA) is 0 Å². The van der Waals surface area contributed by atoms with Gasteiger partial charge in [-0.2, -0.15) is 0 Å². The monoisotopic (exact) mass is 112 g/mol. The van der Waals surface area contributed by atoms with Gasteiger partial charge in [0.2, 0.25) is 0 Å². The molecular formula is C7H9F. The fourth-order valence-corrected chi connectivity index (χ4v) is 0.708. The second-order valence-electron chi connectivity index (χ2n) is 2.04. The van der Waals surface area contributed by atoms with Crippen LogP contribution in [0.15, 0.2) is 23.8 Å². The molecule has 0 spiro atoms. The Hall–Kier alpha value is -0.590. The van der Waals surface area contributed by atoms with Gasteiger partial charge in [0, 0.05) is 6.42 Å². The summed E-state index contributed by atoms with van der Waals surface area (Å²) in [6, 6.07) is 0. The van der Waals surface area contributed by atoms with Gasteiger partial charge in [-0.1, -0.05) is 18.2 Å². The molecule has 8 heavy (non-hydrogen) atoms. The highest BCUT2D eigenvalue weighted by Gasteiger charge is 2.07. The molecule has 0 aromatic rings. The van der Waals surface area contributed by atoms with E-state index in [1.807, 2.05) is 25.2 Å². The molecule has 1 unspecified atom stereocenters. The maximum Gasteiger partial charge on any atom is 0.125 e. The Balaban J connectivity index is 2.66. The summed E-state index contributed by atoms with van der Waals surface area (Å²) in [5, 5.41) is 0. The Labute approximate surface area is 48.7 Å². The lowest BCUT2D eigenvalue weighted by molar-refractivity contribution is 0.382. The molecule has 0 amide bonds. The van der Waals surface area contributed by atoms with Gasteiger partial charge < -0.3 is 0 Å². The van der Waals surface area contributed by atoms with Gasteiger partial charge in [-0.3, -0.25) is 0 Å². The lowest BCUT2D eigenvalue weighted by atomic mass is 10.1. The zero-order valence-electron chi connectivity index (χ0n) is 4.89. The van der Waals surface area contributed by atoms with Crippen molar-refractivity contribution in [1.29, 1.82) is 0 Å². The van der Waals surface area contributed by atoms with Gasteiger partial charge in [0.25, 0.3) is 0 Å². The third kappa shape index (κ3) is 0.971. The van der Waals surface area contributed by atoms with Gasteiger partial charge in [0.05, 0.1) is 0 Å². The fourth-order valence-electron chi connectivity index (χ4n) is 0.708. The second kappa shape index (κ2) is 2.12. The molecule has 44 valence electrons. The number of alkyl halides is 1. The van der Waals surface area contributed by atoms with Crippen molar-refractivity contribution in [2.24, 2.45) is 0 Å². The maximum absolute atomic E-state index is 12.5. The van der Waals surface area contributed by atoms with Crippen molar-refractivity contribution in [2.45, 2.75) is 19.5 Å². The molecule has 0 aliphatic heterocycles. The predicted octanol–water partition coefficient (Wildman–Crippen LogP) is 2.23. The highest BCUT2D eigenvalue weighted by molar-refractivity contribution is 5.19. The molecule has 1 aliphatic carbocycles. The van der Waals surface area contributed by atoms with E-state index in [-0.39, 0.29) is 0 Å². The Bertz CT molecular complexity index is 133. The van der Waals surface area contributed by atoms with Crippen LogP contribution in [-0.4, -0.2) is 6.17 Å². The Kier molecular flexibility index (Phi) is 1.47. The van der Waals surface area contributed by atoms with E-state index in [4.69, 9.17) is 0 Å². The van der Waals surface area contributed by atoms with Crippen LogP contribution in [0.1, 0.15) is 13.3 Å². The van der Waals surface area contributed by atoms with Crippen LogP contribution < -0.4 is 0 Å². The summed E-state index contributed by atoms with van der Waals surface area (Å²) >= 11 is 0. The van der Waals surface area contributed by atoms with E-state index in [9.17, 15) is 4.39 Å². The first-order valence-corrected chi connectivity index (χ1v) is 2.78. The van der Waals surface area contributed by atoms with Crippen molar-refractivity contribution in [2.75, 3.05) is 0 Å². The molecule has 0 heterocycles. The third-order valence-corrected chi connectivity index (χ3v) is 1.33. The highest BCUT2D eigenvalue weighted by atomic mass is 19.1. The molecule has 0 aromatic heterocycles. The zero-order chi connectivity index (χ0) is 5.98. The van der Waals surface area contributed by atoms with Gasteiger partial charge in [0.15, 0.2) is 0 Å². The second-order valence-corrected chi connectivity index (χ2v) is 2.04. The third-order valence-electron chi connectivity index (χ3n) is 1.33. The minimum Gasteiger partial charge on any atom is -0.242 e. The van der Waals surface area contributed by atoms with Crippen molar-refractivity contribution >= 4 is 0 Å². The van der Waals surface area contributed by atoms with Crippen molar-refractivity contribution in [3.63, 3.8) is 0 Å². The summed E-state index contributed by atoms with van der Waals surface area (Å²) in [5.74, 6) is 0. The van der Waals surface area contributed by atoms with Crippen LogP contribution >= 0.6 is 0 Å². The summed E-state index contributed by atoms with van der Waals surface area (Å²) in [6.07, 6.45) is 5.39. The van der Waals surface area contributed by atoms with Gasteiger partial charge in [-0.15, -0.1) is 0 Å². The van der Waals surface area contributed by atoms with Crippen LogP contribution in [0.25, 0.3) is 0 Å². The van der Waals surface area contributed by atoms with E-state index in [0.29, 0.717) is 6.42 Å². The number of rotatable bonds is 0. The lowest BCUT2D eigenvalue weighted by Gasteiger charge is -2.07. The molecule has 0 aromatic carbocycles. The van der Waals surface area contributed by atoms with Gasteiger partial charge in [0.1, 0.15) is 6.17 Å². The predicted molar refractivity (Wildman–Crippen MR) is 32.4 cm³/mol. The molecule has 0 N–H and O–H groups in total. The van der Waals surface area contributed by atoms with E-state index >= 15 is 0 Å². The van der Waals surface area contributed by atoms with Crippen molar-refractivity contribution in [3.8, 4) is 0 Å². The fraction of sp³-hybridized carbons (Fsp3) is 0.429. The van der Waals surface area contributed by atoms with Gasteiger partial charge in [-0.25, -0.2) is 4.39 Å². The van der Waals surface area contributed by atoms with Crippen molar-refractivity contribution in [3.05, 3.63) is 23.8 Å². The molecular weight excluding hydrogens is 103 g/mol. The van der Waals surface area contributed by atoms with Crippen LogP contribution in [0, 0.1) is 0 Å². The van der Waals surface area contributed by atoms with E-state index in [1.165, 1.54) is 0 Å². The minimum absolute atomic E-state index is 0.558. The SMILES string of the molecule is CC1=CC=CCC1F. The molecule has 1 heteroatoms. The highest BCUT2D eigenvalue weighted by Crippen LogP contribution is 2.14. The first-order chi connectivity index (χ1) is 3.80. The standard InChI is InChI=1S/C7H9F/c1-6-4-2-3-5-7(6)8/h2-4,7H,5H2,1H3. The van der Waals surface area contributed by atoms with Gasteiger partial charge in [-0.05, 0) is 12.5 Å². The molecule has 1 atom stereocenters. The number of hydrogen-bond donors (Lipinski definition) is 0. The van der Waals surface area contributed by atoms with E-state index in [0.717, 1.165) is 5.57 Å². The summed E-state index contributed by atoms with van der Waals surface area (Å²) < 4.78 is 12.5. The summed E-state index contributed by atoms with van der Waals surface area (Å²) in [5.41, 5.74) is 0.840. The first kappa shape index (κ1) is 5.54. The van der Waals surface area contributed by atoms with Crippen LogP contribution in [0.2, 0.25) is 0 Å². The van der Waals surface area contributed by atoms with Crippen molar-refractivity contribution in [1.82, 2.24) is 0 Å². The normalized spacial score (nSPS) is 27.8. The molecule has 0 fully saturated rings. The summed E-state index contributed by atoms with van der Waals surface area (Å²) in [7, 11) is 0.